The Morgan fingerprint density at radius 3 is 2.00 bits per heavy atom. The zero-order valence-corrected chi connectivity index (χ0v) is 12.6. The van der Waals surface area contributed by atoms with Crippen molar-refractivity contribution in [3.8, 4) is 11.5 Å². The van der Waals surface area contributed by atoms with Crippen molar-refractivity contribution >= 4 is 5.78 Å². The molecular weight excluding hydrogens is 309 g/mol. The van der Waals surface area contributed by atoms with Gasteiger partial charge in [0.1, 0.15) is 17.3 Å². The van der Waals surface area contributed by atoms with Crippen LogP contribution < -0.4 is 9.47 Å². The predicted molar refractivity (Wildman–Crippen MR) is 78.9 cm³/mol. The number of carbonyl (C=O) groups is 1. The van der Waals surface area contributed by atoms with Crippen molar-refractivity contribution < 1.29 is 27.4 Å². The highest BCUT2D eigenvalue weighted by Gasteiger charge is 2.39. The molecule has 122 valence electrons. The number of methoxy groups -OCH3 is 2. The number of alkyl halides is 2. The SMILES string of the molecule is COc1cc(CC(F)(F)C(=O)c2ccc(F)cc2)cc(OC)c1. The minimum atomic E-state index is -3.63. The van der Waals surface area contributed by atoms with Gasteiger partial charge in [0.25, 0.3) is 0 Å². The molecule has 23 heavy (non-hydrogen) atoms. The highest BCUT2D eigenvalue weighted by Crippen LogP contribution is 2.29. The normalized spacial score (nSPS) is 11.2. The van der Waals surface area contributed by atoms with Crippen molar-refractivity contribution in [2.75, 3.05) is 14.2 Å². The van der Waals surface area contributed by atoms with Gasteiger partial charge >= 0.3 is 5.92 Å². The average molecular weight is 324 g/mol. The average Bonchev–Trinajstić information content (AvgIpc) is 2.54. The van der Waals surface area contributed by atoms with Crippen LogP contribution in [0.3, 0.4) is 0 Å². The van der Waals surface area contributed by atoms with E-state index in [1.54, 1.807) is 6.07 Å². The van der Waals surface area contributed by atoms with Crippen LogP contribution in [0.2, 0.25) is 0 Å². The summed E-state index contributed by atoms with van der Waals surface area (Å²) in [6.07, 6.45) is -0.809. The number of hydrogen-bond acceptors (Lipinski definition) is 3. The van der Waals surface area contributed by atoms with E-state index in [-0.39, 0.29) is 11.1 Å². The third-order valence-corrected chi connectivity index (χ3v) is 3.28. The molecule has 0 aliphatic carbocycles. The first kappa shape index (κ1) is 16.9. The van der Waals surface area contributed by atoms with Gasteiger partial charge in [-0.15, -0.1) is 0 Å². The summed E-state index contributed by atoms with van der Waals surface area (Å²) in [5.74, 6) is -4.88. The van der Waals surface area contributed by atoms with Gasteiger partial charge in [-0.3, -0.25) is 4.79 Å². The summed E-state index contributed by atoms with van der Waals surface area (Å²) in [7, 11) is 2.81. The van der Waals surface area contributed by atoms with E-state index in [9.17, 15) is 18.0 Å². The number of benzene rings is 2. The van der Waals surface area contributed by atoms with E-state index >= 15 is 0 Å². The molecule has 0 saturated carbocycles. The molecule has 0 bridgehead atoms. The monoisotopic (exact) mass is 324 g/mol. The van der Waals surface area contributed by atoms with Crippen LogP contribution in [0.25, 0.3) is 0 Å². The Kier molecular flexibility index (Phi) is 4.93. The van der Waals surface area contributed by atoms with Gasteiger partial charge in [-0.1, -0.05) is 0 Å². The Morgan fingerprint density at radius 1 is 1.00 bits per heavy atom. The van der Waals surface area contributed by atoms with Crippen LogP contribution in [0.1, 0.15) is 15.9 Å². The Bertz CT molecular complexity index is 674. The number of Topliss-reactive ketones (excluding diaryl/α,β-unsaturated/α-hetero) is 1. The quantitative estimate of drug-likeness (QED) is 0.756. The number of rotatable bonds is 6. The fraction of sp³-hybridized carbons (Fsp3) is 0.235. The van der Waals surface area contributed by atoms with Crippen LogP contribution in [0.5, 0.6) is 11.5 Å². The molecular formula is C17H15F3O3. The number of halogens is 3. The van der Waals surface area contributed by atoms with E-state index in [0.717, 1.165) is 24.3 Å². The van der Waals surface area contributed by atoms with Crippen LogP contribution in [0, 0.1) is 5.82 Å². The highest BCUT2D eigenvalue weighted by atomic mass is 19.3. The summed E-state index contributed by atoms with van der Waals surface area (Å²) in [4.78, 5) is 12.0. The Labute approximate surface area is 131 Å². The number of carbonyl (C=O) groups excluding carboxylic acids is 1. The molecule has 0 atom stereocenters. The first-order valence-corrected chi connectivity index (χ1v) is 6.76. The van der Waals surface area contributed by atoms with Crippen molar-refractivity contribution in [3.63, 3.8) is 0 Å². The molecule has 0 aliphatic rings. The minimum Gasteiger partial charge on any atom is -0.497 e. The lowest BCUT2D eigenvalue weighted by Gasteiger charge is -2.16. The van der Waals surface area contributed by atoms with Gasteiger partial charge in [0.2, 0.25) is 5.78 Å². The maximum Gasteiger partial charge on any atom is 0.313 e. The first-order chi connectivity index (χ1) is 10.9. The maximum absolute atomic E-state index is 14.2. The van der Waals surface area contributed by atoms with Crippen molar-refractivity contribution in [2.45, 2.75) is 12.3 Å². The molecule has 0 unspecified atom stereocenters. The van der Waals surface area contributed by atoms with E-state index in [0.29, 0.717) is 11.5 Å². The molecule has 0 amide bonds. The van der Waals surface area contributed by atoms with Crippen LogP contribution in [-0.2, 0) is 6.42 Å². The second-order valence-electron chi connectivity index (χ2n) is 4.94. The smallest absolute Gasteiger partial charge is 0.313 e. The van der Waals surface area contributed by atoms with Gasteiger partial charge in [0.05, 0.1) is 14.2 Å². The molecule has 3 nitrogen and oxygen atoms in total. The molecule has 0 radical (unpaired) electrons. The molecule has 0 fully saturated rings. The Morgan fingerprint density at radius 2 is 1.52 bits per heavy atom. The van der Waals surface area contributed by atoms with Crippen molar-refractivity contribution in [3.05, 3.63) is 59.4 Å². The lowest BCUT2D eigenvalue weighted by atomic mass is 9.98. The van der Waals surface area contributed by atoms with Crippen LogP contribution >= 0.6 is 0 Å². The first-order valence-electron chi connectivity index (χ1n) is 6.76. The van der Waals surface area contributed by atoms with E-state index in [1.165, 1.54) is 26.4 Å². The zero-order chi connectivity index (χ0) is 17.0. The van der Waals surface area contributed by atoms with Crippen molar-refractivity contribution in [1.29, 1.82) is 0 Å². The fourth-order valence-electron chi connectivity index (χ4n) is 2.12. The molecule has 2 aromatic rings. The summed E-state index contributed by atoms with van der Waals surface area (Å²) in [5.41, 5.74) is -0.0482. The minimum absolute atomic E-state index is 0.196. The standard InChI is InChI=1S/C17H15F3O3/c1-22-14-7-11(8-15(9-14)23-2)10-17(19,20)16(21)12-3-5-13(18)6-4-12/h3-9H,10H2,1-2H3. The van der Waals surface area contributed by atoms with Gasteiger partial charge in [-0.25, -0.2) is 4.39 Å². The topological polar surface area (TPSA) is 35.5 Å². The van der Waals surface area contributed by atoms with E-state index in [1.807, 2.05) is 0 Å². The summed E-state index contributed by atoms with van der Waals surface area (Å²) in [6.45, 7) is 0. The van der Waals surface area contributed by atoms with Crippen molar-refractivity contribution in [1.82, 2.24) is 0 Å². The molecule has 0 saturated heterocycles. The molecule has 2 aromatic carbocycles. The lowest BCUT2D eigenvalue weighted by Crippen LogP contribution is -2.31. The summed E-state index contributed by atoms with van der Waals surface area (Å²) >= 11 is 0. The number of hydrogen-bond donors (Lipinski definition) is 0. The van der Waals surface area contributed by atoms with E-state index in [4.69, 9.17) is 9.47 Å². The summed E-state index contributed by atoms with van der Waals surface area (Å²) in [6, 6.07) is 8.39. The predicted octanol–water partition coefficient (Wildman–Crippen LogP) is 3.90. The molecule has 0 aromatic heterocycles. The second-order valence-corrected chi connectivity index (χ2v) is 4.94. The number of ether oxygens (including phenoxy) is 2. The summed E-state index contributed by atoms with van der Waals surface area (Å²) in [5, 5.41) is 0. The molecule has 0 heterocycles. The van der Waals surface area contributed by atoms with E-state index < -0.39 is 23.9 Å². The molecule has 6 heteroatoms. The maximum atomic E-state index is 14.2. The molecule has 0 N–H and O–H groups in total. The van der Waals surface area contributed by atoms with Crippen LogP contribution in [0.15, 0.2) is 42.5 Å². The third kappa shape index (κ3) is 4.03. The molecule has 2 rings (SSSR count). The second kappa shape index (κ2) is 6.73. The Hall–Kier alpha value is -2.50. The van der Waals surface area contributed by atoms with Gasteiger partial charge in [-0.2, -0.15) is 8.78 Å². The van der Waals surface area contributed by atoms with Gasteiger partial charge in [-0.05, 0) is 42.0 Å². The fourth-order valence-corrected chi connectivity index (χ4v) is 2.12. The van der Waals surface area contributed by atoms with Gasteiger partial charge in [0.15, 0.2) is 0 Å². The Balaban J connectivity index is 2.26. The lowest BCUT2D eigenvalue weighted by molar-refractivity contribution is 0.0106. The van der Waals surface area contributed by atoms with Crippen LogP contribution in [0.4, 0.5) is 13.2 Å². The van der Waals surface area contributed by atoms with E-state index in [2.05, 4.69) is 0 Å². The van der Waals surface area contributed by atoms with Gasteiger partial charge < -0.3 is 9.47 Å². The zero-order valence-electron chi connectivity index (χ0n) is 12.6. The highest BCUT2D eigenvalue weighted by molar-refractivity contribution is 6.01. The summed E-state index contributed by atoms with van der Waals surface area (Å²) < 4.78 is 51.3. The molecule has 0 aliphatic heterocycles. The number of ketones is 1. The third-order valence-electron chi connectivity index (χ3n) is 3.28. The molecule has 0 spiro atoms. The van der Waals surface area contributed by atoms with Crippen molar-refractivity contribution in [2.24, 2.45) is 0 Å². The van der Waals surface area contributed by atoms with Crippen LogP contribution in [-0.4, -0.2) is 25.9 Å². The van der Waals surface area contributed by atoms with Gasteiger partial charge in [0, 0.05) is 18.1 Å². The largest absolute Gasteiger partial charge is 0.497 e.